The summed E-state index contributed by atoms with van der Waals surface area (Å²) in [5.41, 5.74) is 1.32. The third-order valence-electron chi connectivity index (χ3n) is 1.60. The van der Waals surface area contributed by atoms with E-state index in [2.05, 4.69) is 25.3 Å². The molecule has 0 aliphatic heterocycles. The lowest BCUT2D eigenvalue weighted by atomic mass is 10.5. The number of fused-ring (bicyclic) bond motifs is 1. The number of hydrogen-bond donors (Lipinski definition) is 2. The summed E-state index contributed by atoms with van der Waals surface area (Å²) < 4.78 is 0. The van der Waals surface area contributed by atoms with Crippen LogP contribution in [0.4, 0.5) is 5.82 Å². The quantitative estimate of drug-likeness (QED) is 0.715. The molecule has 0 aliphatic carbocycles. The fraction of sp³-hybridized carbons (Fsp3) is 0.286. The van der Waals surface area contributed by atoms with Gasteiger partial charge in [0.25, 0.3) is 0 Å². The van der Waals surface area contributed by atoms with Gasteiger partial charge in [0.05, 0.1) is 0 Å². The topological polar surface area (TPSA) is 66.5 Å². The molecule has 0 saturated heterocycles. The molecule has 0 spiro atoms. The second kappa shape index (κ2) is 3.18. The SMILES string of the molecule is CCNc1ncnc2nc(Cl)[nH]c12. The summed E-state index contributed by atoms with van der Waals surface area (Å²) in [4.78, 5) is 14.9. The molecule has 13 heavy (non-hydrogen) atoms. The first-order chi connectivity index (χ1) is 6.31. The van der Waals surface area contributed by atoms with Gasteiger partial charge in [-0.1, -0.05) is 0 Å². The molecule has 0 amide bonds. The van der Waals surface area contributed by atoms with Gasteiger partial charge < -0.3 is 10.3 Å². The molecule has 5 nitrogen and oxygen atoms in total. The highest BCUT2D eigenvalue weighted by atomic mass is 35.5. The van der Waals surface area contributed by atoms with Gasteiger partial charge in [-0.25, -0.2) is 9.97 Å². The predicted molar refractivity (Wildman–Crippen MR) is 50.9 cm³/mol. The minimum Gasteiger partial charge on any atom is -0.368 e. The predicted octanol–water partition coefficient (Wildman–Crippen LogP) is 1.44. The van der Waals surface area contributed by atoms with Crippen molar-refractivity contribution in [3.8, 4) is 0 Å². The number of H-pyrrole nitrogens is 1. The van der Waals surface area contributed by atoms with Crippen LogP contribution in [0.2, 0.25) is 5.28 Å². The van der Waals surface area contributed by atoms with E-state index in [4.69, 9.17) is 11.6 Å². The van der Waals surface area contributed by atoms with E-state index in [-0.39, 0.29) is 0 Å². The van der Waals surface area contributed by atoms with Crippen molar-refractivity contribution in [3.63, 3.8) is 0 Å². The van der Waals surface area contributed by atoms with Crippen LogP contribution in [0.3, 0.4) is 0 Å². The highest BCUT2D eigenvalue weighted by Gasteiger charge is 2.06. The molecule has 68 valence electrons. The second-order valence-electron chi connectivity index (χ2n) is 2.48. The van der Waals surface area contributed by atoms with Crippen LogP contribution in [0.25, 0.3) is 11.2 Å². The van der Waals surface area contributed by atoms with Gasteiger partial charge in [0.2, 0.25) is 5.28 Å². The molecule has 0 radical (unpaired) electrons. The summed E-state index contributed by atoms with van der Waals surface area (Å²) in [6.07, 6.45) is 1.46. The lowest BCUT2D eigenvalue weighted by molar-refractivity contribution is 1.13. The van der Waals surface area contributed by atoms with Crippen LogP contribution in [-0.4, -0.2) is 26.5 Å². The number of rotatable bonds is 2. The van der Waals surface area contributed by atoms with Gasteiger partial charge in [-0.2, -0.15) is 4.98 Å². The lowest BCUT2D eigenvalue weighted by Gasteiger charge is -2.00. The van der Waals surface area contributed by atoms with E-state index in [1.54, 1.807) is 0 Å². The average Bonchev–Trinajstić information content (AvgIpc) is 2.47. The Balaban J connectivity index is 2.60. The zero-order valence-electron chi connectivity index (χ0n) is 7.00. The number of halogens is 1. The Labute approximate surface area is 79.6 Å². The van der Waals surface area contributed by atoms with Crippen molar-refractivity contribution in [1.82, 2.24) is 19.9 Å². The Morgan fingerprint density at radius 3 is 3.15 bits per heavy atom. The van der Waals surface area contributed by atoms with Crippen LogP contribution in [-0.2, 0) is 0 Å². The van der Waals surface area contributed by atoms with Gasteiger partial charge in [0.15, 0.2) is 11.5 Å². The van der Waals surface area contributed by atoms with Crippen molar-refractivity contribution in [2.24, 2.45) is 0 Å². The summed E-state index contributed by atoms with van der Waals surface area (Å²) in [7, 11) is 0. The van der Waals surface area contributed by atoms with Crippen molar-refractivity contribution in [1.29, 1.82) is 0 Å². The number of imidazole rings is 1. The van der Waals surface area contributed by atoms with Crippen LogP contribution in [0.1, 0.15) is 6.92 Å². The van der Waals surface area contributed by atoms with E-state index in [1.807, 2.05) is 6.92 Å². The molecule has 0 fully saturated rings. The number of nitrogens with one attached hydrogen (secondary N) is 2. The molecule has 0 bridgehead atoms. The second-order valence-corrected chi connectivity index (χ2v) is 2.84. The van der Waals surface area contributed by atoms with Crippen molar-refractivity contribution in [3.05, 3.63) is 11.6 Å². The van der Waals surface area contributed by atoms with Crippen LogP contribution in [0.5, 0.6) is 0 Å². The van der Waals surface area contributed by atoms with E-state index < -0.39 is 0 Å². The Kier molecular flexibility index (Phi) is 2.02. The van der Waals surface area contributed by atoms with Crippen molar-refractivity contribution in [2.45, 2.75) is 6.92 Å². The normalized spacial score (nSPS) is 10.6. The third kappa shape index (κ3) is 1.42. The fourth-order valence-electron chi connectivity index (χ4n) is 1.10. The third-order valence-corrected chi connectivity index (χ3v) is 1.78. The van der Waals surface area contributed by atoms with E-state index in [0.717, 1.165) is 17.9 Å². The van der Waals surface area contributed by atoms with Crippen LogP contribution < -0.4 is 5.32 Å². The van der Waals surface area contributed by atoms with Gasteiger partial charge in [-0.15, -0.1) is 0 Å². The average molecular weight is 198 g/mol. The number of hydrogen-bond acceptors (Lipinski definition) is 4. The number of nitrogens with zero attached hydrogens (tertiary/aromatic N) is 3. The van der Waals surface area contributed by atoms with Crippen molar-refractivity contribution in [2.75, 3.05) is 11.9 Å². The van der Waals surface area contributed by atoms with E-state index >= 15 is 0 Å². The summed E-state index contributed by atoms with van der Waals surface area (Å²) in [6, 6.07) is 0. The Bertz CT molecular complexity index is 424. The molecule has 0 saturated carbocycles. The molecule has 0 unspecified atom stereocenters. The maximum absolute atomic E-state index is 5.69. The number of aromatic nitrogens is 4. The number of anilines is 1. The first kappa shape index (κ1) is 8.25. The monoisotopic (exact) mass is 197 g/mol. The van der Waals surface area contributed by atoms with Crippen LogP contribution >= 0.6 is 11.6 Å². The van der Waals surface area contributed by atoms with Gasteiger partial charge in [-0.05, 0) is 18.5 Å². The van der Waals surface area contributed by atoms with Crippen LogP contribution in [0.15, 0.2) is 6.33 Å². The van der Waals surface area contributed by atoms with Gasteiger partial charge in [-0.3, -0.25) is 0 Å². The maximum Gasteiger partial charge on any atom is 0.202 e. The fourth-order valence-corrected chi connectivity index (χ4v) is 1.28. The molecule has 2 heterocycles. The summed E-state index contributed by atoms with van der Waals surface area (Å²) in [6.45, 7) is 2.79. The molecular weight excluding hydrogens is 190 g/mol. The van der Waals surface area contributed by atoms with Crippen molar-refractivity contribution < 1.29 is 0 Å². The molecule has 2 aromatic rings. The summed E-state index contributed by atoms with van der Waals surface area (Å²) in [5.74, 6) is 0.729. The Morgan fingerprint density at radius 1 is 1.54 bits per heavy atom. The molecule has 0 aromatic carbocycles. The molecule has 2 aromatic heterocycles. The van der Waals surface area contributed by atoms with Crippen molar-refractivity contribution >= 4 is 28.6 Å². The maximum atomic E-state index is 5.69. The zero-order chi connectivity index (χ0) is 9.26. The minimum atomic E-state index is 0.328. The van der Waals surface area contributed by atoms with Gasteiger partial charge in [0.1, 0.15) is 11.8 Å². The molecule has 2 N–H and O–H groups in total. The van der Waals surface area contributed by atoms with E-state index in [1.165, 1.54) is 6.33 Å². The largest absolute Gasteiger partial charge is 0.368 e. The first-order valence-corrected chi connectivity index (χ1v) is 4.29. The van der Waals surface area contributed by atoms with Gasteiger partial charge in [0, 0.05) is 6.54 Å². The first-order valence-electron chi connectivity index (χ1n) is 3.91. The van der Waals surface area contributed by atoms with E-state index in [9.17, 15) is 0 Å². The summed E-state index contributed by atoms with van der Waals surface area (Å²) in [5, 5.41) is 3.41. The highest BCUT2D eigenvalue weighted by molar-refractivity contribution is 6.29. The number of aromatic amines is 1. The van der Waals surface area contributed by atoms with Gasteiger partial charge >= 0.3 is 0 Å². The Hall–Kier alpha value is -1.36. The molecule has 2 rings (SSSR count). The minimum absolute atomic E-state index is 0.328. The summed E-state index contributed by atoms with van der Waals surface area (Å²) >= 11 is 5.69. The van der Waals surface area contributed by atoms with Crippen LogP contribution in [0, 0.1) is 0 Å². The van der Waals surface area contributed by atoms with E-state index in [0.29, 0.717) is 10.9 Å². The molecular formula is C7H8ClN5. The standard InChI is InChI=1S/C7H8ClN5/c1-2-9-5-4-6(11-3-10-5)13-7(8)12-4/h3H,2H2,1H3,(H2,9,10,11,12,13). The smallest absolute Gasteiger partial charge is 0.202 e. The molecule has 0 atom stereocenters. The zero-order valence-corrected chi connectivity index (χ0v) is 7.76. The Morgan fingerprint density at radius 2 is 2.38 bits per heavy atom. The lowest BCUT2D eigenvalue weighted by Crippen LogP contribution is -2.00. The highest BCUT2D eigenvalue weighted by Crippen LogP contribution is 2.17. The molecule has 0 aliphatic rings. The molecule has 6 heteroatoms.